The third-order valence-corrected chi connectivity index (χ3v) is 4.78. The number of benzene rings is 2. The van der Waals surface area contributed by atoms with E-state index in [9.17, 15) is 9.18 Å². The summed E-state index contributed by atoms with van der Waals surface area (Å²) in [6.07, 6.45) is 0. The Balaban J connectivity index is 1.89. The van der Waals surface area contributed by atoms with Crippen LogP contribution in [0.2, 0.25) is 0 Å². The maximum atomic E-state index is 13.2. The first-order valence-corrected chi connectivity index (χ1v) is 9.55. The lowest BCUT2D eigenvalue weighted by Crippen LogP contribution is -2.20. The first kappa shape index (κ1) is 19.0. The number of hydrogen-bond donors (Lipinski definition) is 2. The molecule has 1 aromatic heterocycles. The molecule has 0 bridgehead atoms. The highest BCUT2D eigenvalue weighted by atomic mass is 32.1. The Morgan fingerprint density at radius 2 is 1.81 bits per heavy atom. The smallest absolute Gasteiger partial charge is 0.341 e. The van der Waals surface area contributed by atoms with Crippen LogP contribution in [-0.2, 0) is 4.74 Å². The van der Waals surface area contributed by atoms with Gasteiger partial charge in [-0.25, -0.2) is 9.18 Å². The number of carbonyl (C=O) groups excluding carboxylic acids is 1. The highest BCUT2D eigenvalue weighted by molar-refractivity contribution is 7.80. The molecule has 0 amide bonds. The Kier molecular flexibility index (Phi) is 6.16. The van der Waals surface area contributed by atoms with Crippen LogP contribution in [0.1, 0.15) is 17.3 Å². The molecule has 0 radical (unpaired) electrons. The van der Waals surface area contributed by atoms with Gasteiger partial charge < -0.3 is 15.4 Å². The molecule has 0 aliphatic heterocycles. The number of anilines is 2. The van der Waals surface area contributed by atoms with E-state index in [1.807, 2.05) is 35.7 Å². The van der Waals surface area contributed by atoms with Crippen molar-refractivity contribution >= 4 is 45.3 Å². The zero-order valence-corrected chi connectivity index (χ0v) is 16.1. The molecule has 2 N–H and O–H groups in total. The van der Waals surface area contributed by atoms with Crippen molar-refractivity contribution in [1.82, 2.24) is 0 Å². The van der Waals surface area contributed by atoms with Crippen molar-refractivity contribution in [3.63, 3.8) is 0 Å². The molecule has 0 atom stereocenters. The molecular formula is C20H17FN2O2S2. The van der Waals surface area contributed by atoms with Crippen LogP contribution in [0.25, 0.3) is 11.1 Å². The SMILES string of the molecule is CCOC(=O)c1c(-c2ccc(F)cc2)csc1NC(=S)Nc1ccccc1. The molecule has 0 spiro atoms. The molecule has 4 nitrogen and oxygen atoms in total. The summed E-state index contributed by atoms with van der Waals surface area (Å²) in [6, 6.07) is 15.5. The van der Waals surface area contributed by atoms with Gasteiger partial charge in [0.25, 0.3) is 0 Å². The quantitative estimate of drug-likeness (QED) is 0.435. The fourth-order valence-corrected chi connectivity index (χ4v) is 3.73. The van der Waals surface area contributed by atoms with E-state index in [1.54, 1.807) is 19.1 Å². The molecule has 0 fully saturated rings. The number of rotatable bonds is 5. The molecule has 0 saturated carbocycles. The molecule has 27 heavy (non-hydrogen) atoms. The highest BCUT2D eigenvalue weighted by Crippen LogP contribution is 2.36. The Morgan fingerprint density at radius 3 is 2.48 bits per heavy atom. The number of esters is 1. The number of thiocarbonyl (C=S) groups is 1. The maximum absolute atomic E-state index is 13.2. The van der Waals surface area contributed by atoms with Crippen molar-refractivity contribution < 1.29 is 13.9 Å². The minimum atomic E-state index is -0.455. The van der Waals surface area contributed by atoms with Crippen LogP contribution in [0, 0.1) is 5.82 Å². The topological polar surface area (TPSA) is 50.4 Å². The first-order chi connectivity index (χ1) is 13.1. The van der Waals surface area contributed by atoms with E-state index in [0.29, 0.717) is 21.2 Å². The van der Waals surface area contributed by atoms with Crippen molar-refractivity contribution in [2.75, 3.05) is 17.2 Å². The van der Waals surface area contributed by atoms with Crippen molar-refractivity contribution in [2.45, 2.75) is 6.92 Å². The van der Waals surface area contributed by atoms with E-state index >= 15 is 0 Å². The lowest BCUT2D eigenvalue weighted by atomic mass is 10.0. The lowest BCUT2D eigenvalue weighted by molar-refractivity contribution is 0.0529. The van der Waals surface area contributed by atoms with Gasteiger partial charge in [0, 0.05) is 16.6 Å². The van der Waals surface area contributed by atoms with Gasteiger partial charge in [0.1, 0.15) is 16.4 Å². The molecule has 0 saturated heterocycles. The third kappa shape index (κ3) is 4.69. The summed E-state index contributed by atoms with van der Waals surface area (Å²) in [4.78, 5) is 12.5. The minimum absolute atomic E-state index is 0.254. The number of thiophene rings is 1. The largest absolute Gasteiger partial charge is 0.462 e. The molecule has 2 aromatic carbocycles. The molecule has 0 aliphatic rings. The Bertz CT molecular complexity index is 940. The zero-order chi connectivity index (χ0) is 19.2. The van der Waals surface area contributed by atoms with Crippen LogP contribution in [0.3, 0.4) is 0 Å². The number of hydrogen-bond acceptors (Lipinski definition) is 4. The second-order valence-corrected chi connectivity index (χ2v) is 6.81. The normalized spacial score (nSPS) is 10.3. The van der Waals surface area contributed by atoms with E-state index in [4.69, 9.17) is 17.0 Å². The van der Waals surface area contributed by atoms with Gasteiger partial charge in [-0.05, 0) is 49.0 Å². The predicted molar refractivity (Wildman–Crippen MR) is 112 cm³/mol. The molecule has 138 valence electrons. The number of carbonyl (C=O) groups is 1. The maximum Gasteiger partial charge on any atom is 0.341 e. The van der Waals surface area contributed by atoms with Gasteiger partial charge in [0.05, 0.1) is 6.61 Å². The first-order valence-electron chi connectivity index (χ1n) is 8.26. The van der Waals surface area contributed by atoms with E-state index < -0.39 is 5.97 Å². The van der Waals surface area contributed by atoms with Crippen LogP contribution in [0.15, 0.2) is 60.0 Å². The second kappa shape index (κ2) is 8.75. The van der Waals surface area contributed by atoms with E-state index in [-0.39, 0.29) is 12.4 Å². The van der Waals surface area contributed by atoms with Crippen LogP contribution in [0.4, 0.5) is 15.1 Å². The molecule has 7 heteroatoms. The monoisotopic (exact) mass is 400 g/mol. The highest BCUT2D eigenvalue weighted by Gasteiger charge is 2.22. The van der Waals surface area contributed by atoms with Crippen LogP contribution in [0.5, 0.6) is 0 Å². The molecule has 0 unspecified atom stereocenters. The number of para-hydroxylation sites is 1. The average Bonchev–Trinajstić information content (AvgIpc) is 3.06. The third-order valence-electron chi connectivity index (χ3n) is 3.68. The molecule has 1 heterocycles. The van der Waals surface area contributed by atoms with Crippen molar-refractivity contribution in [3.8, 4) is 11.1 Å². The fraction of sp³-hybridized carbons (Fsp3) is 0.100. The average molecular weight is 401 g/mol. The van der Waals surface area contributed by atoms with Gasteiger partial charge in [0.15, 0.2) is 5.11 Å². The lowest BCUT2D eigenvalue weighted by Gasteiger charge is -2.11. The second-order valence-electron chi connectivity index (χ2n) is 5.53. The van der Waals surface area contributed by atoms with Crippen LogP contribution >= 0.6 is 23.6 Å². The van der Waals surface area contributed by atoms with Gasteiger partial charge in [0.2, 0.25) is 0 Å². The number of ether oxygens (including phenoxy) is 1. The van der Waals surface area contributed by atoms with Crippen LogP contribution in [-0.4, -0.2) is 17.7 Å². The predicted octanol–water partition coefficient (Wildman–Crippen LogP) is 5.54. The number of nitrogens with one attached hydrogen (secondary N) is 2. The molecule has 3 aromatic rings. The summed E-state index contributed by atoms with van der Waals surface area (Å²) in [5.41, 5.74) is 2.61. The minimum Gasteiger partial charge on any atom is -0.462 e. The Morgan fingerprint density at radius 1 is 1.11 bits per heavy atom. The van der Waals surface area contributed by atoms with E-state index in [0.717, 1.165) is 11.3 Å². The molecule has 0 aliphatic carbocycles. The Labute approximate surface area is 166 Å². The van der Waals surface area contributed by atoms with E-state index in [1.165, 1.54) is 23.5 Å². The van der Waals surface area contributed by atoms with Crippen molar-refractivity contribution in [1.29, 1.82) is 0 Å². The zero-order valence-electron chi connectivity index (χ0n) is 14.5. The summed E-state index contributed by atoms with van der Waals surface area (Å²) in [6.45, 7) is 2.00. The number of halogens is 1. The van der Waals surface area contributed by atoms with Gasteiger partial charge in [-0.1, -0.05) is 30.3 Å². The Hall–Kier alpha value is -2.77. The fourth-order valence-electron chi connectivity index (χ4n) is 2.48. The summed E-state index contributed by atoms with van der Waals surface area (Å²) >= 11 is 6.69. The standard InChI is InChI=1S/C20H17FN2O2S2/c1-2-25-19(24)17-16(13-8-10-14(21)11-9-13)12-27-18(17)23-20(26)22-15-6-4-3-5-7-15/h3-12H,2H2,1H3,(H2,22,23,26). The van der Waals surface area contributed by atoms with Gasteiger partial charge >= 0.3 is 5.97 Å². The van der Waals surface area contributed by atoms with Gasteiger partial charge in [-0.15, -0.1) is 11.3 Å². The van der Waals surface area contributed by atoms with Gasteiger partial charge in [-0.2, -0.15) is 0 Å². The summed E-state index contributed by atoms with van der Waals surface area (Å²) < 4.78 is 18.4. The molecule has 3 rings (SSSR count). The molecular weight excluding hydrogens is 383 g/mol. The van der Waals surface area contributed by atoms with Gasteiger partial charge in [-0.3, -0.25) is 0 Å². The van der Waals surface area contributed by atoms with Crippen LogP contribution < -0.4 is 10.6 Å². The van der Waals surface area contributed by atoms with Crippen molar-refractivity contribution in [2.24, 2.45) is 0 Å². The summed E-state index contributed by atoms with van der Waals surface area (Å²) in [5.74, 6) is -0.790. The summed E-state index contributed by atoms with van der Waals surface area (Å²) in [5, 5.41) is 8.89. The summed E-state index contributed by atoms with van der Waals surface area (Å²) in [7, 11) is 0. The van der Waals surface area contributed by atoms with E-state index in [2.05, 4.69) is 10.6 Å². The van der Waals surface area contributed by atoms with Crippen molar-refractivity contribution in [3.05, 3.63) is 71.4 Å².